The zero-order valence-corrected chi connectivity index (χ0v) is 17.0. The molecule has 0 fully saturated rings. The van der Waals surface area contributed by atoms with Gasteiger partial charge in [-0.3, -0.25) is 9.10 Å². The van der Waals surface area contributed by atoms with Gasteiger partial charge in [0.05, 0.1) is 19.1 Å². The Labute approximate surface area is 165 Å². The van der Waals surface area contributed by atoms with Crippen LogP contribution in [-0.2, 0) is 21.4 Å². The molecule has 2 rings (SSSR count). The van der Waals surface area contributed by atoms with E-state index in [1.807, 2.05) is 12.1 Å². The molecule has 0 aliphatic rings. The Hall–Kier alpha value is -2.25. The number of benzene rings is 2. The molecule has 0 aromatic heterocycles. The van der Waals surface area contributed by atoms with Crippen molar-refractivity contribution in [3.05, 3.63) is 59.1 Å². The summed E-state index contributed by atoms with van der Waals surface area (Å²) in [4.78, 5) is 12.7. The van der Waals surface area contributed by atoms with Gasteiger partial charge in [-0.05, 0) is 42.3 Å². The summed E-state index contributed by atoms with van der Waals surface area (Å²) in [6, 6.07) is 12.8. The molecule has 27 heavy (non-hydrogen) atoms. The fraction of sp³-hybridized carbons (Fsp3) is 0.316. The fourth-order valence-corrected chi connectivity index (χ4v) is 4.11. The zero-order valence-electron chi connectivity index (χ0n) is 15.5. The van der Waals surface area contributed by atoms with Gasteiger partial charge in [0.15, 0.2) is 0 Å². The first-order valence-electron chi connectivity index (χ1n) is 8.42. The highest BCUT2D eigenvalue weighted by Crippen LogP contribution is 2.25. The summed E-state index contributed by atoms with van der Waals surface area (Å²) in [5, 5.41) is 3.20. The molecule has 1 atom stereocenters. The first-order chi connectivity index (χ1) is 12.8. The molecule has 2 aromatic carbocycles. The molecule has 0 saturated carbocycles. The van der Waals surface area contributed by atoms with Gasteiger partial charge in [0.2, 0.25) is 15.9 Å². The minimum absolute atomic E-state index is 0.284. The molecule has 0 radical (unpaired) electrons. The second kappa shape index (κ2) is 9.10. The van der Waals surface area contributed by atoms with E-state index in [4.69, 9.17) is 16.3 Å². The van der Waals surface area contributed by atoms with Crippen LogP contribution in [0.4, 0.5) is 5.69 Å². The van der Waals surface area contributed by atoms with Gasteiger partial charge in [-0.25, -0.2) is 8.42 Å². The molecule has 0 heterocycles. The predicted octanol–water partition coefficient (Wildman–Crippen LogP) is 3.21. The number of rotatable bonds is 8. The van der Waals surface area contributed by atoms with Crippen LogP contribution in [0.25, 0.3) is 0 Å². The highest BCUT2D eigenvalue weighted by atomic mass is 35.5. The Bertz CT molecular complexity index is 885. The summed E-state index contributed by atoms with van der Waals surface area (Å²) >= 11 is 6.00. The van der Waals surface area contributed by atoms with Crippen molar-refractivity contribution in [3.8, 4) is 5.75 Å². The van der Waals surface area contributed by atoms with Gasteiger partial charge in [-0.15, -0.1) is 0 Å². The number of anilines is 1. The number of carbonyl (C=O) groups is 1. The lowest BCUT2D eigenvalue weighted by Crippen LogP contribution is -2.49. The summed E-state index contributed by atoms with van der Waals surface area (Å²) in [5.41, 5.74) is 1.24. The molecular weight excluding hydrogens is 388 g/mol. The minimum atomic E-state index is -3.69. The monoisotopic (exact) mass is 410 g/mol. The standard InChI is InChI=1S/C19H23ClN2O4S/c1-4-18(19(23)21-13-14-8-10-17(26-2)11-9-14)22(27(3,24)25)16-7-5-6-15(20)12-16/h5-12,18H,4,13H2,1-3H3,(H,21,23). The first-order valence-corrected chi connectivity index (χ1v) is 10.6. The Morgan fingerprint density at radius 2 is 1.89 bits per heavy atom. The SMILES string of the molecule is CCC(C(=O)NCc1ccc(OC)cc1)N(c1cccc(Cl)c1)S(C)(=O)=O. The number of ether oxygens (including phenoxy) is 1. The van der Waals surface area contributed by atoms with E-state index in [0.29, 0.717) is 17.1 Å². The average Bonchev–Trinajstić information content (AvgIpc) is 2.63. The molecule has 8 heteroatoms. The van der Waals surface area contributed by atoms with E-state index in [2.05, 4.69) is 5.32 Å². The second-order valence-electron chi connectivity index (χ2n) is 6.03. The Morgan fingerprint density at radius 3 is 2.41 bits per heavy atom. The van der Waals surface area contributed by atoms with E-state index in [-0.39, 0.29) is 12.5 Å². The molecular formula is C19H23ClN2O4S. The number of carbonyl (C=O) groups excluding carboxylic acids is 1. The molecule has 1 N–H and O–H groups in total. The van der Waals surface area contributed by atoms with E-state index in [1.165, 1.54) is 6.07 Å². The van der Waals surface area contributed by atoms with Crippen LogP contribution in [0.2, 0.25) is 5.02 Å². The summed E-state index contributed by atoms with van der Waals surface area (Å²) in [6.45, 7) is 2.05. The Morgan fingerprint density at radius 1 is 1.22 bits per heavy atom. The van der Waals surface area contributed by atoms with Crippen LogP contribution in [0.1, 0.15) is 18.9 Å². The summed E-state index contributed by atoms with van der Waals surface area (Å²) in [5.74, 6) is 0.347. The van der Waals surface area contributed by atoms with Gasteiger partial charge < -0.3 is 10.1 Å². The molecule has 2 aromatic rings. The van der Waals surface area contributed by atoms with Crippen LogP contribution in [0.3, 0.4) is 0 Å². The highest BCUT2D eigenvalue weighted by Gasteiger charge is 2.31. The molecule has 6 nitrogen and oxygen atoms in total. The molecule has 0 spiro atoms. The summed E-state index contributed by atoms with van der Waals surface area (Å²) in [6.07, 6.45) is 1.39. The van der Waals surface area contributed by atoms with Gasteiger partial charge in [-0.2, -0.15) is 0 Å². The van der Waals surface area contributed by atoms with Gasteiger partial charge in [0.25, 0.3) is 0 Å². The third-order valence-electron chi connectivity index (χ3n) is 4.02. The van der Waals surface area contributed by atoms with E-state index in [9.17, 15) is 13.2 Å². The fourth-order valence-electron chi connectivity index (χ4n) is 2.72. The van der Waals surface area contributed by atoms with Crippen molar-refractivity contribution in [2.45, 2.75) is 25.9 Å². The lowest BCUT2D eigenvalue weighted by Gasteiger charge is -2.30. The first kappa shape index (κ1) is 21.1. The zero-order chi connectivity index (χ0) is 20.0. The Kier molecular flexibility index (Phi) is 7.10. The van der Waals surface area contributed by atoms with Crippen molar-refractivity contribution in [1.82, 2.24) is 5.32 Å². The number of amides is 1. The van der Waals surface area contributed by atoms with Crippen molar-refractivity contribution >= 4 is 33.2 Å². The van der Waals surface area contributed by atoms with E-state index in [0.717, 1.165) is 21.9 Å². The quantitative estimate of drug-likeness (QED) is 0.725. The van der Waals surface area contributed by atoms with Crippen molar-refractivity contribution in [2.75, 3.05) is 17.7 Å². The summed E-state index contributed by atoms with van der Waals surface area (Å²) < 4.78 is 31.0. The van der Waals surface area contributed by atoms with Crippen LogP contribution in [0, 0.1) is 0 Å². The third-order valence-corrected chi connectivity index (χ3v) is 5.43. The van der Waals surface area contributed by atoms with Gasteiger partial charge in [0.1, 0.15) is 11.8 Å². The molecule has 0 aliphatic carbocycles. The smallest absolute Gasteiger partial charge is 0.244 e. The molecule has 1 amide bonds. The number of halogens is 1. The predicted molar refractivity (Wildman–Crippen MR) is 108 cm³/mol. The van der Waals surface area contributed by atoms with Crippen LogP contribution in [-0.4, -0.2) is 33.7 Å². The van der Waals surface area contributed by atoms with Crippen molar-refractivity contribution in [3.63, 3.8) is 0 Å². The normalized spacial score (nSPS) is 12.3. The van der Waals surface area contributed by atoms with Crippen LogP contribution in [0.5, 0.6) is 5.75 Å². The number of sulfonamides is 1. The van der Waals surface area contributed by atoms with Crippen LogP contribution >= 0.6 is 11.6 Å². The highest BCUT2D eigenvalue weighted by molar-refractivity contribution is 7.92. The minimum Gasteiger partial charge on any atom is -0.497 e. The van der Waals surface area contributed by atoms with E-state index >= 15 is 0 Å². The number of nitrogens with one attached hydrogen (secondary N) is 1. The lowest BCUT2D eigenvalue weighted by molar-refractivity contribution is -0.122. The van der Waals surface area contributed by atoms with Crippen molar-refractivity contribution in [2.24, 2.45) is 0 Å². The van der Waals surface area contributed by atoms with E-state index in [1.54, 1.807) is 44.4 Å². The maximum absolute atomic E-state index is 12.7. The summed E-state index contributed by atoms with van der Waals surface area (Å²) in [7, 11) is -2.10. The van der Waals surface area contributed by atoms with Crippen LogP contribution in [0.15, 0.2) is 48.5 Å². The Balaban J connectivity index is 2.21. The van der Waals surface area contributed by atoms with Crippen molar-refractivity contribution < 1.29 is 17.9 Å². The second-order valence-corrected chi connectivity index (χ2v) is 8.32. The van der Waals surface area contributed by atoms with Gasteiger partial charge >= 0.3 is 0 Å². The molecule has 0 saturated heterocycles. The number of methoxy groups -OCH3 is 1. The number of nitrogens with zero attached hydrogens (tertiary/aromatic N) is 1. The molecule has 0 bridgehead atoms. The molecule has 0 aliphatic heterocycles. The molecule has 146 valence electrons. The molecule has 1 unspecified atom stereocenters. The van der Waals surface area contributed by atoms with Gasteiger partial charge in [0, 0.05) is 11.6 Å². The third kappa shape index (κ3) is 5.61. The van der Waals surface area contributed by atoms with Gasteiger partial charge in [-0.1, -0.05) is 36.7 Å². The maximum atomic E-state index is 12.7. The largest absolute Gasteiger partial charge is 0.497 e. The van der Waals surface area contributed by atoms with Crippen molar-refractivity contribution in [1.29, 1.82) is 0 Å². The number of hydrogen-bond donors (Lipinski definition) is 1. The topological polar surface area (TPSA) is 75.7 Å². The lowest BCUT2D eigenvalue weighted by atomic mass is 10.1. The number of hydrogen-bond acceptors (Lipinski definition) is 4. The van der Waals surface area contributed by atoms with E-state index < -0.39 is 16.1 Å². The average molecular weight is 411 g/mol. The maximum Gasteiger partial charge on any atom is 0.244 e. The van der Waals surface area contributed by atoms with Crippen LogP contribution < -0.4 is 14.4 Å².